The van der Waals surface area contributed by atoms with Crippen molar-refractivity contribution in [3.63, 3.8) is 0 Å². The van der Waals surface area contributed by atoms with Crippen LogP contribution < -0.4 is 4.74 Å². The number of benzene rings is 1. The molecule has 0 aliphatic heterocycles. The molecule has 1 N–H and O–H groups in total. The van der Waals surface area contributed by atoms with E-state index in [9.17, 15) is 14.7 Å². The van der Waals surface area contributed by atoms with Crippen LogP contribution in [-0.4, -0.2) is 30.3 Å². The number of methoxy groups -OCH3 is 1. The highest BCUT2D eigenvalue weighted by Gasteiger charge is 2.72. The van der Waals surface area contributed by atoms with Crippen molar-refractivity contribution in [2.24, 2.45) is 56.7 Å². The summed E-state index contributed by atoms with van der Waals surface area (Å²) in [4.78, 5) is 26.0. The molecule has 5 aliphatic carbocycles. The topological polar surface area (TPSA) is 72.8 Å². The Labute approximate surface area is 271 Å². The lowest BCUT2D eigenvalue weighted by Gasteiger charge is -2.72. The minimum absolute atomic E-state index is 0.111. The molecule has 10 atom stereocenters. The van der Waals surface area contributed by atoms with Gasteiger partial charge in [0.15, 0.2) is 0 Å². The molecule has 1 aromatic carbocycles. The van der Waals surface area contributed by atoms with E-state index in [2.05, 4.69) is 48.1 Å². The van der Waals surface area contributed by atoms with Crippen LogP contribution in [-0.2, 0) is 14.3 Å². The normalized spacial score (nSPS) is 43.4. The number of ether oxygens (including phenoxy) is 2. The van der Waals surface area contributed by atoms with Gasteiger partial charge in [0.25, 0.3) is 0 Å². The van der Waals surface area contributed by atoms with Crippen LogP contribution in [0.2, 0.25) is 0 Å². The molecule has 5 fully saturated rings. The lowest BCUT2D eigenvalue weighted by Crippen LogP contribution is -2.67. The van der Waals surface area contributed by atoms with Gasteiger partial charge < -0.3 is 14.6 Å². The van der Waals surface area contributed by atoms with E-state index in [0.717, 1.165) is 69.1 Å². The van der Waals surface area contributed by atoms with Crippen LogP contribution in [0, 0.1) is 56.7 Å². The number of allylic oxidation sites excluding steroid dienone is 1. The van der Waals surface area contributed by atoms with E-state index >= 15 is 0 Å². The van der Waals surface area contributed by atoms with E-state index in [-0.39, 0.29) is 39.7 Å². The molecule has 5 nitrogen and oxygen atoms in total. The maximum absolute atomic E-state index is 13.1. The van der Waals surface area contributed by atoms with Crippen molar-refractivity contribution in [1.82, 2.24) is 0 Å². The fourth-order valence-corrected chi connectivity index (χ4v) is 12.8. The molecule has 6 rings (SSSR count). The molecule has 0 radical (unpaired) electrons. The summed E-state index contributed by atoms with van der Waals surface area (Å²) in [6.07, 6.45) is 13.4. The third-order valence-corrected chi connectivity index (χ3v) is 15.2. The van der Waals surface area contributed by atoms with Gasteiger partial charge in [-0.1, -0.05) is 58.9 Å². The SMILES string of the molecule is C=C(C)[C@@H]1CC[C@]2(C(=O)O)CC[C@]3(C)[C@H](CC[C@@H]4[C@@]5(C)CC[C@H](OC(=O)/C=C/c6ccc(OC)cc6)C(C)(C)C5CC[C@]43C)[C@@H]12. The molecule has 0 spiro atoms. The Morgan fingerprint density at radius 2 is 1.58 bits per heavy atom. The maximum atomic E-state index is 13.1. The zero-order valence-electron chi connectivity index (χ0n) is 28.8. The summed E-state index contributed by atoms with van der Waals surface area (Å²) < 4.78 is 11.5. The van der Waals surface area contributed by atoms with Gasteiger partial charge in [0.2, 0.25) is 0 Å². The molecule has 5 saturated carbocycles. The van der Waals surface area contributed by atoms with E-state index in [1.54, 1.807) is 13.2 Å². The van der Waals surface area contributed by atoms with Gasteiger partial charge in [-0.3, -0.25) is 4.79 Å². The Kier molecular flexibility index (Phi) is 7.93. The molecule has 45 heavy (non-hydrogen) atoms. The maximum Gasteiger partial charge on any atom is 0.331 e. The van der Waals surface area contributed by atoms with Crippen molar-refractivity contribution >= 4 is 18.0 Å². The average molecular weight is 617 g/mol. The summed E-state index contributed by atoms with van der Waals surface area (Å²) in [7, 11) is 1.65. The fourth-order valence-electron chi connectivity index (χ4n) is 12.8. The molecule has 0 saturated heterocycles. The lowest BCUT2D eigenvalue weighted by atomic mass is 9.32. The van der Waals surface area contributed by atoms with Crippen molar-refractivity contribution in [2.45, 2.75) is 112 Å². The van der Waals surface area contributed by atoms with Crippen LogP contribution in [0.4, 0.5) is 0 Å². The second kappa shape index (κ2) is 11.0. The highest BCUT2D eigenvalue weighted by atomic mass is 16.5. The van der Waals surface area contributed by atoms with Crippen molar-refractivity contribution in [2.75, 3.05) is 7.11 Å². The van der Waals surface area contributed by atoms with Crippen molar-refractivity contribution in [3.8, 4) is 5.75 Å². The number of carboxylic acids is 1. The number of hydrogen-bond donors (Lipinski definition) is 1. The minimum Gasteiger partial charge on any atom is -0.497 e. The van der Waals surface area contributed by atoms with E-state index in [4.69, 9.17) is 9.47 Å². The first-order valence-corrected chi connectivity index (χ1v) is 17.6. The molecule has 246 valence electrons. The van der Waals surface area contributed by atoms with Gasteiger partial charge in [0, 0.05) is 11.5 Å². The number of aliphatic carboxylic acids is 1. The Morgan fingerprint density at radius 3 is 2.22 bits per heavy atom. The van der Waals surface area contributed by atoms with Gasteiger partial charge >= 0.3 is 11.9 Å². The van der Waals surface area contributed by atoms with Gasteiger partial charge in [-0.2, -0.15) is 0 Å². The molecule has 0 aromatic heterocycles. The van der Waals surface area contributed by atoms with E-state index in [1.165, 1.54) is 12.0 Å². The van der Waals surface area contributed by atoms with Crippen LogP contribution in [0.25, 0.3) is 6.08 Å². The van der Waals surface area contributed by atoms with E-state index in [0.29, 0.717) is 23.7 Å². The summed E-state index contributed by atoms with van der Waals surface area (Å²) in [5.41, 5.74) is 1.86. The number of rotatable bonds is 6. The first-order valence-electron chi connectivity index (χ1n) is 17.6. The number of carboxylic acid groups (broad SMARTS) is 1. The molecule has 1 aromatic rings. The zero-order valence-corrected chi connectivity index (χ0v) is 28.8. The van der Waals surface area contributed by atoms with Gasteiger partial charge in [0.1, 0.15) is 11.9 Å². The van der Waals surface area contributed by atoms with Crippen LogP contribution in [0.1, 0.15) is 111 Å². The number of carbonyl (C=O) groups is 2. The third kappa shape index (κ3) is 4.67. The second-order valence-corrected chi connectivity index (χ2v) is 17.0. The van der Waals surface area contributed by atoms with Crippen molar-refractivity contribution in [3.05, 3.63) is 48.1 Å². The highest BCUT2D eigenvalue weighted by molar-refractivity contribution is 5.87. The largest absolute Gasteiger partial charge is 0.497 e. The quantitative estimate of drug-likeness (QED) is 0.196. The minimum atomic E-state index is -0.580. The fraction of sp³-hybridized carbons (Fsp3) is 0.700. The Hall–Kier alpha value is -2.56. The first-order chi connectivity index (χ1) is 21.1. The van der Waals surface area contributed by atoms with Crippen LogP contribution in [0.5, 0.6) is 5.75 Å². The molecule has 5 heteroatoms. The number of esters is 1. The molecular formula is C40H56O5. The molecule has 0 bridgehead atoms. The second-order valence-electron chi connectivity index (χ2n) is 17.0. The summed E-state index contributed by atoms with van der Waals surface area (Å²) in [6, 6.07) is 7.66. The number of hydrogen-bond acceptors (Lipinski definition) is 4. The smallest absolute Gasteiger partial charge is 0.331 e. The summed E-state index contributed by atoms with van der Waals surface area (Å²) in [5.74, 6) is 1.96. The lowest BCUT2D eigenvalue weighted by molar-refractivity contribution is -0.250. The van der Waals surface area contributed by atoms with Gasteiger partial charge in [0.05, 0.1) is 12.5 Å². The summed E-state index contributed by atoms with van der Waals surface area (Å²) >= 11 is 0. The summed E-state index contributed by atoms with van der Waals surface area (Å²) in [5, 5.41) is 10.6. The van der Waals surface area contributed by atoms with E-state index in [1.807, 2.05) is 30.3 Å². The monoisotopic (exact) mass is 616 g/mol. The number of carbonyl (C=O) groups excluding carboxylic acids is 1. The standard InChI is InChI=1S/C40H56O5/c1-25(2)28-17-22-40(35(42)43)24-23-38(6)29(34(28)40)14-15-31-37(5)20-19-32(36(3,4)30(37)18-21-39(31,38)7)45-33(41)16-11-26-9-12-27(44-8)13-10-26/h9-13,16,28-32,34H,1,14-15,17-24H2,2-8H3,(H,42,43)/b16-11+/t28-,29+,30?,31+,32-,34+,37-,38+,39+,40-/m0/s1. The number of fused-ring (bicyclic) bond motifs is 7. The molecule has 0 amide bonds. The van der Waals surface area contributed by atoms with Gasteiger partial charge in [-0.25, -0.2) is 4.79 Å². The molecular weight excluding hydrogens is 560 g/mol. The van der Waals surface area contributed by atoms with Gasteiger partial charge in [-0.15, -0.1) is 0 Å². The molecule has 1 unspecified atom stereocenters. The third-order valence-electron chi connectivity index (χ3n) is 15.2. The summed E-state index contributed by atoms with van der Waals surface area (Å²) in [6.45, 7) is 18.9. The Bertz CT molecular complexity index is 1380. The van der Waals surface area contributed by atoms with Gasteiger partial charge in [-0.05, 0) is 141 Å². The van der Waals surface area contributed by atoms with Crippen LogP contribution in [0.15, 0.2) is 42.5 Å². The predicted molar refractivity (Wildman–Crippen MR) is 179 cm³/mol. The van der Waals surface area contributed by atoms with Crippen molar-refractivity contribution in [1.29, 1.82) is 0 Å². The van der Waals surface area contributed by atoms with Crippen molar-refractivity contribution < 1.29 is 24.2 Å². The van der Waals surface area contributed by atoms with Crippen LogP contribution in [0.3, 0.4) is 0 Å². The average Bonchev–Trinajstić information content (AvgIpc) is 3.40. The van der Waals surface area contributed by atoms with Crippen LogP contribution >= 0.6 is 0 Å². The predicted octanol–water partition coefficient (Wildman–Crippen LogP) is 9.36. The first kappa shape index (κ1) is 32.4. The zero-order chi connectivity index (χ0) is 32.6. The molecule has 0 heterocycles. The highest BCUT2D eigenvalue weighted by Crippen LogP contribution is 2.77. The Balaban J connectivity index is 1.23. The Morgan fingerprint density at radius 1 is 0.867 bits per heavy atom. The van der Waals surface area contributed by atoms with E-state index < -0.39 is 11.4 Å². The molecule has 5 aliphatic rings.